The molecule has 12 nitrogen and oxygen atoms in total. The van der Waals surface area contributed by atoms with Crippen LogP contribution in [0.15, 0.2) is 42.3 Å². The summed E-state index contributed by atoms with van der Waals surface area (Å²) in [4.78, 5) is 8.72. The Kier molecular flexibility index (Phi) is 5.44. The maximum Gasteiger partial charge on any atom is 0.229 e. The Labute approximate surface area is 188 Å². The van der Waals surface area contributed by atoms with Gasteiger partial charge in [-0.3, -0.25) is 15.5 Å². The molecule has 13 heteroatoms. The van der Waals surface area contributed by atoms with Crippen LogP contribution in [0, 0.1) is 11.3 Å². The zero-order valence-electron chi connectivity index (χ0n) is 17.0. The maximum atomic E-state index is 8.90. The number of anilines is 3. The number of nitriles is 1. The zero-order valence-corrected chi connectivity index (χ0v) is 17.8. The number of hydrogen-bond acceptors (Lipinski definition) is 11. The summed E-state index contributed by atoms with van der Waals surface area (Å²) < 4.78 is 13.7. The van der Waals surface area contributed by atoms with E-state index in [9.17, 15) is 0 Å². The first-order valence-electron chi connectivity index (χ1n) is 9.97. The first-order chi connectivity index (χ1) is 15.6. The lowest BCUT2D eigenvalue weighted by atomic mass is 10.1. The molecule has 32 heavy (non-hydrogen) atoms. The van der Waals surface area contributed by atoms with Crippen LogP contribution in [-0.4, -0.2) is 57.3 Å². The molecule has 0 saturated carbocycles. The highest BCUT2D eigenvalue weighted by atomic mass is 35.5. The minimum Gasteiger partial charge on any atom is -0.371 e. The van der Waals surface area contributed by atoms with Crippen LogP contribution in [0.5, 0.6) is 0 Å². The Hall–Kier alpha value is -3.53. The molecule has 0 bridgehead atoms. The molecule has 2 fully saturated rings. The van der Waals surface area contributed by atoms with Crippen molar-refractivity contribution in [1.29, 1.82) is 5.26 Å². The van der Waals surface area contributed by atoms with Gasteiger partial charge in [0.25, 0.3) is 0 Å². The summed E-state index contributed by atoms with van der Waals surface area (Å²) >= 11 is 6.33. The van der Waals surface area contributed by atoms with Crippen LogP contribution in [0.4, 0.5) is 17.5 Å². The molecular weight excluding hydrogens is 436 g/mol. The lowest BCUT2D eigenvalue weighted by molar-refractivity contribution is 0.0681. The number of nitrogens with zero attached hydrogens (tertiary/aromatic N) is 5. The van der Waals surface area contributed by atoms with Gasteiger partial charge in [0, 0.05) is 13.2 Å². The Morgan fingerprint density at radius 3 is 2.59 bits per heavy atom. The number of aryl methyl sites for hydroxylation is 1. The van der Waals surface area contributed by atoms with Crippen molar-refractivity contribution in [2.45, 2.75) is 24.3 Å². The second-order valence-electron chi connectivity index (χ2n) is 7.54. The molecule has 5 heterocycles. The lowest BCUT2D eigenvalue weighted by Crippen LogP contribution is -2.47. The predicted octanol–water partition coefficient (Wildman–Crippen LogP) is 0.500. The van der Waals surface area contributed by atoms with Crippen LogP contribution >= 0.6 is 11.6 Å². The zero-order chi connectivity index (χ0) is 22.1. The highest BCUT2D eigenvalue weighted by Gasteiger charge is 2.48. The number of hydrazine groups is 1. The third-order valence-electron chi connectivity index (χ3n) is 5.29. The minimum atomic E-state index is -0.171. The fourth-order valence-corrected chi connectivity index (χ4v) is 3.95. The molecular formula is C19H21ClN10O2. The van der Waals surface area contributed by atoms with Crippen LogP contribution in [0.1, 0.15) is 0 Å². The van der Waals surface area contributed by atoms with Crippen molar-refractivity contribution in [2.24, 2.45) is 7.05 Å². The molecule has 0 aromatic carbocycles. The van der Waals surface area contributed by atoms with Crippen LogP contribution in [0.3, 0.4) is 0 Å². The van der Waals surface area contributed by atoms with E-state index in [2.05, 4.69) is 41.9 Å². The summed E-state index contributed by atoms with van der Waals surface area (Å²) in [7, 11) is 1.83. The summed E-state index contributed by atoms with van der Waals surface area (Å²) in [5.74, 6) is 1.64. The quantitative estimate of drug-likeness (QED) is 0.414. The van der Waals surface area contributed by atoms with E-state index in [4.69, 9.17) is 26.3 Å². The van der Waals surface area contributed by atoms with Crippen LogP contribution < -0.4 is 26.8 Å². The van der Waals surface area contributed by atoms with Gasteiger partial charge in [-0.25, -0.2) is 4.98 Å². The molecule has 0 aliphatic carbocycles. The number of halogens is 1. The Morgan fingerprint density at radius 1 is 1.16 bits per heavy atom. The van der Waals surface area contributed by atoms with Crippen molar-refractivity contribution in [2.75, 3.05) is 23.8 Å². The third kappa shape index (κ3) is 4.13. The van der Waals surface area contributed by atoms with E-state index in [1.807, 2.05) is 19.3 Å². The van der Waals surface area contributed by atoms with Crippen molar-refractivity contribution in [3.05, 3.63) is 47.3 Å². The first kappa shape index (κ1) is 20.4. The second-order valence-corrected chi connectivity index (χ2v) is 7.95. The molecule has 0 spiro atoms. The van der Waals surface area contributed by atoms with Crippen molar-refractivity contribution in [3.8, 4) is 6.07 Å². The monoisotopic (exact) mass is 456 g/mol. The highest BCUT2D eigenvalue weighted by Crippen LogP contribution is 2.31. The fraction of sp³-hybridized carbons (Fsp3) is 0.368. The van der Waals surface area contributed by atoms with E-state index in [1.165, 1.54) is 0 Å². The average molecular weight is 457 g/mol. The summed E-state index contributed by atoms with van der Waals surface area (Å²) in [6.45, 7) is 0.926. The van der Waals surface area contributed by atoms with E-state index in [0.29, 0.717) is 35.7 Å². The fourth-order valence-electron chi connectivity index (χ4n) is 3.80. The number of allylic oxidation sites excluding steroid dienone is 3. The molecule has 4 atom stereocenters. The van der Waals surface area contributed by atoms with Gasteiger partial charge >= 0.3 is 0 Å². The molecule has 3 aliphatic rings. The van der Waals surface area contributed by atoms with Crippen LogP contribution in [0.25, 0.3) is 0 Å². The summed E-state index contributed by atoms with van der Waals surface area (Å²) in [6, 6.07) is 1.86. The van der Waals surface area contributed by atoms with Crippen LogP contribution in [-0.2, 0) is 16.5 Å². The smallest absolute Gasteiger partial charge is 0.229 e. The van der Waals surface area contributed by atoms with Crippen molar-refractivity contribution < 1.29 is 9.47 Å². The van der Waals surface area contributed by atoms with E-state index < -0.39 is 0 Å². The van der Waals surface area contributed by atoms with Gasteiger partial charge in [0.05, 0.1) is 43.4 Å². The van der Waals surface area contributed by atoms with Gasteiger partial charge in [-0.2, -0.15) is 15.3 Å². The minimum absolute atomic E-state index is 0.0481. The van der Waals surface area contributed by atoms with Gasteiger partial charge in [-0.05, 0) is 12.2 Å². The molecule has 2 aromatic heterocycles. The molecule has 5 N–H and O–H groups in total. The number of nitrogens with one attached hydrogen (secondary N) is 5. The molecule has 3 aliphatic heterocycles. The molecule has 0 radical (unpaired) electrons. The number of fused-ring (bicyclic) bond motifs is 1. The molecule has 2 aromatic rings. The van der Waals surface area contributed by atoms with Crippen molar-refractivity contribution in [3.63, 3.8) is 0 Å². The third-order valence-corrected chi connectivity index (χ3v) is 5.57. The Morgan fingerprint density at radius 2 is 1.94 bits per heavy atom. The van der Waals surface area contributed by atoms with Crippen molar-refractivity contribution in [1.82, 2.24) is 35.9 Å². The second kappa shape index (κ2) is 8.54. The van der Waals surface area contributed by atoms with Crippen LogP contribution in [0.2, 0.25) is 5.02 Å². The summed E-state index contributed by atoms with van der Waals surface area (Å²) in [5, 5.41) is 23.2. The Bertz CT molecular complexity index is 1110. The molecule has 4 unspecified atom stereocenters. The number of rotatable bonds is 6. The number of ether oxygens (including phenoxy) is 2. The van der Waals surface area contributed by atoms with Gasteiger partial charge in [0.15, 0.2) is 5.82 Å². The first-order valence-corrected chi connectivity index (χ1v) is 10.4. The topological polar surface area (TPSA) is 146 Å². The summed E-state index contributed by atoms with van der Waals surface area (Å²) in [5.41, 5.74) is 6.97. The van der Waals surface area contributed by atoms with E-state index in [1.54, 1.807) is 29.2 Å². The number of hydrogen-bond donors (Lipinski definition) is 5. The molecule has 2 saturated heterocycles. The molecule has 166 valence electrons. The van der Waals surface area contributed by atoms with Gasteiger partial charge in [0.1, 0.15) is 34.8 Å². The van der Waals surface area contributed by atoms with E-state index >= 15 is 0 Å². The SMILES string of the molecule is Cn1cc(Nc2ncc(Cl)c(NC3COC4C(NC5=CC=C(C#N)NN5)COC34)n2)cn1. The van der Waals surface area contributed by atoms with E-state index in [-0.39, 0.29) is 24.3 Å². The standard InChI is InChI=1S/C19H21ClN10O2/c1-30-7-11(5-23-30)24-19-22-6-12(20)18(27-19)26-14-9-32-16-13(8-31-17(14)16)25-15-3-2-10(4-21)28-29-15/h2-3,5-7,13-14,16-17,25,28-29H,8-9H2,1H3,(H2,22,24,26,27). The predicted molar refractivity (Wildman–Crippen MR) is 115 cm³/mol. The summed E-state index contributed by atoms with van der Waals surface area (Å²) in [6.07, 6.45) is 8.22. The van der Waals surface area contributed by atoms with Gasteiger partial charge in [0.2, 0.25) is 5.95 Å². The normalized spacial score (nSPS) is 26.2. The van der Waals surface area contributed by atoms with Gasteiger partial charge in [-0.15, -0.1) is 0 Å². The van der Waals surface area contributed by atoms with E-state index in [0.717, 1.165) is 11.5 Å². The maximum absolute atomic E-state index is 8.90. The van der Waals surface area contributed by atoms with Gasteiger partial charge < -0.3 is 25.4 Å². The van der Waals surface area contributed by atoms with Crippen molar-refractivity contribution >= 4 is 29.1 Å². The number of aromatic nitrogens is 4. The average Bonchev–Trinajstić information content (AvgIpc) is 3.50. The molecule has 5 rings (SSSR count). The molecule has 0 amide bonds. The Balaban J connectivity index is 1.23. The van der Waals surface area contributed by atoms with Gasteiger partial charge in [-0.1, -0.05) is 11.6 Å². The highest BCUT2D eigenvalue weighted by molar-refractivity contribution is 6.32. The lowest BCUT2D eigenvalue weighted by Gasteiger charge is -2.23. The largest absolute Gasteiger partial charge is 0.371 e.